The lowest BCUT2D eigenvalue weighted by Gasteiger charge is -2.37. The molecule has 3 atom stereocenters. The Morgan fingerprint density at radius 3 is 2.73 bits per heavy atom. The maximum absolute atomic E-state index is 6.52. The Labute approximate surface area is 211 Å². The lowest BCUT2D eigenvalue weighted by Crippen LogP contribution is -2.44. The van der Waals surface area contributed by atoms with Gasteiger partial charge in [-0.2, -0.15) is 0 Å². The van der Waals surface area contributed by atoms with Crippen molar-refractivity contribution in [3.05, 3.63) is 28.7 Å². The Morgan fingerprint density at radius 2 is 2.09 bits per heavy atom. The Balaban J connectivity index is 1.87. The van der Waals surface area contributed by atoms with Gasteiger partial charge in [0.05, 0.1) is 31.0 Å². The van der Waals surface area contributed by atoms with Crippen molar-refractivity contribution >= 4 is 54.1 Å². The standard InChI is InChI=1S/C23H36IN5O3Si/c1-9-10-30-17-11-19(32-18(17)13-31-33(7,8)23(2,3)4)29-12-16(24)20-21(27-15-28(5)6)25-14-26-22(20)29/h9,12,14-15,17-19H,1,10-11,13H2,2-8H3/b27-15+/t17?,18-,19-/m1/s1. The molecule has 8 nitrogen and oxygen atoms in total. The number of aliphatic imine (C=N–C) groups is 1. The molecule has 3 rings (SSSR count). The Kier molecular flexibility index (Phi) is 8.36. The van der Waals surface area contributed by atoms with Crippen LogP contribution >= 0.6 is 22.6 Å². The molecule has 1 saturated heterocycles. The normalized spacial score (nSPS) is 21.9. The summed E-state index contributed by atoms with van der Waals surface area (Å²) in [5.74, 6) is 0.645. The molecule has 0 aliphatic carbocycles. The molecule has 0 amide bonds. The predicted octanol–water partition coefficient (Wildman–Crippen LogP) is 5.14. The number of hydrogen-bond donors (Lipinski definition) is 0. The third-order valence-electron chi connectivity index (χ3n) is 6.29. The third kappa shape index (κ3) is 6.02. The summed E-state index contributed by atoms with van der Waals surface area (Å²) in [5.41, 5.74) is 0.804. The Bertz CT molecular complexity index is 1000. The van der Waals surface area contributed by atoms with Gasteiger partial charge in [0, 0.05) is 30.3 Å². The molecule has 1 unspecified atom stereocenters. The molecule has 33 heavy (non-hydrogen) atoms. The highest BCUT2D eigenvalue weighted by molar-refractivity contribution is 14.1. The molecule has 0 saturated carbocycles. The van der Waals surface area contributed by atoms with Crippen LogP contribution in [0.15, 0.2) is 30.2 Å². The molecule has 0 bridgehead atoms. The van der Waals surface area contributed by atoms with Crippen molar-refractivity contribution in [1.82, 2.24) is 19.4 Å². The fourth-order valence-corrected chi connectivity index (χ4v) is 5.20. The van der Waals surface area contributed by atoms with Crippen LogP contribution in [0, 0.1) is 3.57 Å². The van der Waals surface area contributed by atoms with Gasteiger partial charge in [0.2, 0.25) is 0 Å². The summed E-state index contributed by atoms with van der Waals surface area (Å²) in [6.07, 6.45) is 7.38. The van der Waals surface area contributed by atoms with E-state index in [1.165, 1.54) is 0 Å². The highest BCUT2D eigenvalue weighted by Gasteiger charge is 2.42. The second kappa shape index (κ2) is 10.5. The fourth-order valence-electron chi connectivity index (χ4n) is 3.41. The average molecular weight is 586 g/mol. The molecule has 10 heteroatoms. The number of nitrogens with zero attached hydrogens (tertiary/aromatic N) is 5. The predicted molar refractivity (Wildman–Crippen MR) is 144 cm³/mol. The first kappa shape index (κ1) is 26.3. The minimum Gasteiger partial charge on any atom is -0.414 e. The van der Waals surface area contributed by atoms with E-state index in [0.29, 0.717) is 25.5 Å². The maximum Gasteiger partial charge on any atom is 0.192 e. The van der Waals surface area contributed by atoms with E-state index in [1.807, 2.05) is 19.0 Å². The SMILES string of the molecule is C=CCOC1C[C@H](n2cc(I)c3c(/N=C/N(C)C)ncnc32)O[C@@H]1CO[Si](C)(C)C(C)(C)C. The number of rotatable bonds is 9. The second-order valence-corrected chi connectivity index (χ2v) is 16.1. The third-order valence-corrected chi connectivity index (χ3v) is 11.6. The molecule has 0 spiro atoms. The van der Waals surface area contributed by atoms with E-state index in [4.69, 9.17) is 13.9 Å². The summed E-state index contributed by atoms with van der Waals surface area (Å²) in [4.78, 5) is 15.4. The Hall–Kier alpha value is -1.34. The van der Waals surface area contributed by atoms with E-state index in [1.54, 1.807) is 18.7 Å². The van der Waals surface area contributed by atoms with Crippen molar-refractivity contribution in [1.29, 1.82) is 0 Å². The van der Waals surface area contributed by atoms with Crippen LogP contribution in [0.5, 0.6) is 0 Å². The highest BCUT2D eigenvalue weighted by Crippen LogP contribution is 2.39. The van der Waals surface area contributed by atoms with Crippen LogP contribution < -0.4 is 0 Å². The summed E-state index contributed by atoms with van der Waals surface area (Å²) in [6, 6.07) is 0. The minimum atomic E-state index is -1.90. The summed E-state index contributed by atoms with van der Waals surface area (Å²) in [6.45, 7) is 16.0. The van der Waals surface area contributed by atoms with E-state index in [0.717, 1.165) is 14.6 Å². The molecule has 3 heterocycles. The highest BCUT2D eigenvalue weighted by atomic mass is 127. The van der Waals surface area contributed by atoms with Gasteiger partial charge in [0.15, 0.2) is 14.1 Å². The zero-order valence-electron chi connectivity index (χ0n) is 20.7. The van der Waals surface area contributed by atoms with Crippen LogP contribution in [0.25, 0.3) is 11.0 Å². The van der Waals surface area contributed by atoms with Gasteiger partial charge in [-0.3, -0.25) is 0 Å². The molecule has 1 aliphatic heterocycles. The lowest BCUT2D eigenvalue weighted by atomic mass is 10.2. The average Bonchev–Trinajstić information content (AvgIpc) is 3.29. The van der Waals surface area contributed by atoms with Crippen molar-refractivity contribution in [2.45, 2.75) is 63.8 Å². The van der Waals surface area contributed by atoms with Gasteiger partial charge in [-0.05, 0) is 40.7 Å². The van der Waals surface area contributed by atoms with Gasteiger partial charge in [0.25, 0.3) is 0 Å². The molecule has 182 valence electrons. The summed E-state index contributed by atoms with van der Waals surface area (Å²) in [5, 5.41) is 1.06. The van der Waals surface area contributed by atoms with E-state index < -0.39 is 8.32 Å². The first-order valence-electron chi connectivity index (χ1n) is 11.2. The number of ether oxygens (including phenoxy) is 2. The van der Waals surface area contributed by atoms with Crippen LogP contribution in [0.4, 0.5) is 5.82 Å². The van der Waals surface area contributed by atoms with Gasteiger partial charge in [-0.1, -0.05) is 26.8 Å². The van der Waals surface area contributed by atoms with E-state index in [2.05, 4.69) is 88.8 Å². The molecule has 0 aromatic carbocycles. The molecule has 2 aromatic heterocycles. The monoisotopic (exact) mass is 585 g/mol. The molecule has 1 fully saturated rings. The van der Waals surface area contributed by atoms with Gasteiger partial charge in [-0.25, -0.2) is 15.0 Å². The van der Waals surface area contributed by atoms with Gasteiger partial charge < -0.3 is 23.4 Å². The zero-order chi connectivity index (χ0) is 24.4. The minimum absolute atomic E-state index is 0.0825. The number of fused-ring (bicyclic) bond motifs is 1. The van der Waals surface area contributed by atoms with Crippen molar-refractivity contribution in [3.63, 3.8) is 0 Å². The van der Waals surface area contributed by atoms with Crippen LogP contribution in [0.1, 0.15) is 33.4 Å². The van der Waals surface area contributed by atoms with Crippen LogP contribution in [-0.4, -0.2) is 73.6 Å². The van der Waals surface area contributed by atoms with Crippen LogP contribution in [0.3, 0.4) is 0 Å². The molecular formula is C23H36IN5O3Si. The summed E-state index contributed by atoms with van der Waals surface area (Å²) >= 11 is 2.31. The van der Waals surface area contributed by atoms with E-state index in [9.17, 15) is 0 Å². The van der Waals surface area contributed by atoms with E-state index >= 15 is 0 Å². The second-order valence-electron chi connectivity index (χ2n) is 10.1. The van der Waals surface area contributed by atoms with Crippen LogP contribution in [0.2, 0.25) is 18.1 Å². The van der Waals surface area contributed by atoms with E-state index in [-0.39, 0.29) is 23.5 Å². The maximum atomic E-state index is 6.52. The fraction of sp³-hybridized carbons (Fsp3) is 0.609. The van der Waals surface area contributed by atoms with Crippen LogP contribution in [-0.2, 0) is 13.9 Å². The van der Waals surface area contributed by atoms with Crippen molar-refractivity contribution in [2.75, 3.05) is 27.3 Å². The molecule has 0 N–H and O–H groups in total. The van der Waals surface area contributed by atoms with Gasteiger partial charge in [-0.15, -0.1) is 6.58 Å². The first-order chi connectivity index (χ1) is 15.4. The summed E-state index contributed by atoms with van der Waals surface area (Å²) in [7, 11) is 1.96. The van der Waals surface area contributed by atoms with Crippen molar-refractivity contribution in [2.24, 2.45) is 4.99 Å². The van der Waals surface area contributed by atoms with Gasteiger partial charge in [0.1, 0.15) is 24.3 Å². The zero-order valence-corrected chi connectivity index (χ0v) is 23.9. The summed E-state index contributed by atoms with van der Waals surface area (Å²) < 4.78 is 22.2. The number of halogens is 1. The molecular weight excluding hydrogens is 549 g/mol. The number of aromatic nitrogens is 3. The Morgan fingerprint density at radius 1 is 1.36 bits per heavy atom. The smallest absolute Gasteiger partial charge is 0.192 e. The largest absolute Gasteiger partial charge is 0.414 e. The quantitative estimate of drug-likeness (QED) is 0.134. The first-order valence-corrected chi connectivity index (χ1v) is 15.2. The van der Waals surface area contributed by atoms with Crippen molar-refractivity contribution in [3.8, 4) is 0 Å². The molecule has 0 radical (unpaired) electrons. The molecule has 1 aliphatic rings. The molecule has 2 aromatic rings. The lowest BCUT2D eigenvalue weighted by molar-refractivity contribution is -0.0535. The topological polar surface area (TPSA) is 74.0 Å². The van der Waals surface area contributed by atoms with Crippen molar-refractivity contribution < 1.29 is 13.9 Å². The van der Waals surface area contributed by atoms with Gasteiger partial charge >= 0.3 is 0 Å². The number of hydrogen-bond acceptors (Lipinski definition) is 6.